The van der Waals surface area contributed by atoms with Gasteiger partial charge in [-0.15, -0.1) is 0 Å². The van der Waals surface area contributed by atoms with Crippen molar-refractivity contribution in [2.75, 3.05) is 0 Å². The van der Waals surface area contributed by atoms with Crippen LogP contribution in [0.3, 0.4) is 0 Å². The molecule has 0 aromatic rings. The molecule has 0 aliphatic rings. The van der Waals surface area contributed by atoms with Gasteiger partial charge in [0.05, 0.1) is 5.41 Å². The lowest BCUT2D eigenvalue weighted by atomic mass is 9.74. The fourth-order valence-corrected chi connectivity index (χ4v) is 8.78. The standard InChI is InChI=1S/C52H98O6/c1-2-3-4-5-6-7-8-9-16-21-26-31-36-41-46-52(51(57)58,48-43-38-33-28-23-18-13-15-20-25-30-35-40-45-50(55)56)47-42-37-32-27-22-17-12-10-11-14-19-24-29-34-39-44-49(53)54/h9,16H,2-8,10-15,17-48H2,1H3,(H,53,54)(H,55,56)(H,57,58). The Balaban J connectivity index is 4.37. The molecule has 0 rings (SSSR count). The Morgan fingerprint density at radius 2 is 0.552 bits per heavy atom. The van der Waals surface area contributed by atoms with Gasteiger partial charge in [-0.2, -0.15) is 0 Å². The molecule has 0 aromatic heterocycles. The van der Waals surface area contributed by atoms with Crippen molar-refractivity contribution >= 4 is 17.9 Å². The highest BCUT2D eigenvalue weighted by Crippen LogP contribution is 2.38. The van der Waals surface area contributed by atoms with Crippen molar-refractivity contribution < 1.29 is 29.7 Å². The van der Waals surface area contributed by atoms with Crippen LogP contribution in [0.1, 0.15) is 296 Å². The maximum absolute atomic E-state index is 12.9. The van der Waals surface area contributed by atoms with Crippen molar-refractivity contribution in [1.29, 1.82) is 0 Å². The van der Waals surface area contributed by atoms with Gasteiger partial charge in [-0.1, -0.05) is 237 Å². The summed E-state index contributed by atoms with van der Waals surface area (Å²) in [4.78, 5) is 34.2. The van der Waals surface area contributed by atoms with E-state index in [2.05, 4.69) is 19.1 Å². The topological polar surface area (TPSA) is 112 Å². The van der Waals surface area contributed by atoms with Crippen LogP contribution in [0.2, 0.25) is 0 Å². The second-order valence-electron chi connectivity index (χ2n) is 18.3. The molecule has 0 amide bonds. The van der Waals surface area contributed by atoms with E-state index >= 15 is 0 Å². The fourth-order valence-electron chi connectivity index (χ4n) is 8.78. The Morgan fingerprint density at radius 1 is 0.328 bits per heavy atom. The SMILES string of the molecule is CCCCCCCCC=CCCCCCCC(CCCCCCCCCCCCCCCCCC(=O)O)(CCCCCCCCCCCCCCCC(=O)O)C(=O)O. The van der Waals surface area contributed by atoms with E-state index in [1.807, 2.05) is 0 Å². The van der Waals surface area contributed by atoms with Gasteiger partial charge in [-0.25, -0.2) is 0 Å². The lowest BCUT2D eigenvalue weighted by Gasteiger charge is -2.30. The molecule has 0 spiro atoms. The van der Waals surface area contributed by atoms with Crippen LogP contribution < -0.4 is 0 Å². The molecule has 0 saturated carbocycles. The summed E-state index contributed by atoms with van der Waals surface area (Å²) in [5.74, 6) is -1.89. The molecule has 0 aromatic carbocycles. The van der Waals surface area contributed by atoms with Crippen molar-refractivity contribution in [2.24, 2.45) is 5.41 Å². The van der Waals surface area contributed by atoms with Gasteiger partial charge in [0.25, 0.3) is 0 Å². The predicted octanol–water partition coefficient (Wildman–Crippen LogP) is 17.4. The highest BCUT2D eigenvalue weighted by molar-refractivity contribution is 5.74. The molecule has 6 heteroatoms. The number of hydrogen-bond donors (Lipinski definition) is 3. The van der Waals surface area contributed by atoms with Gasteiger partial charge in [-0.05, 0) is 57.8 Å². The van der Waals surface area contributed by atoms with Crippen LogP contribution >= 0.6 is 0 Å². The first-order valence-corrected chi connectivity index (χ1v) is 25.7. The maximum Gasteiger partial charge on any atom is 0.309 e. The van der Waals surface area contributed by atoms with Gasteiger partial charge in [0.1, 0.15) is 0 Å². The van der Waals surface area contributed by atoms with Crippen LogP contribution in [-0.4, -0.2) is 33.2 Å². The Hall–Kier alpha value is -1.85. The van der Waals surface area contributed by atoms with Gasteiger partial charge in [0, 0.05) is 12.8 Å². The molecular weight excluding hydrogens is 721 g/mol. The molecule has 1 unspecified atom stereocenters. The average Bonchev–Trinajstić information content (AvgIpc) is 3.19. The van der Waals surface area contributed by atoms with Gasteiger partial charge in [-0.3, -0.25) is 14.4 Å². The zero-order valence-corrected chi connectivity index (χ0v) is 38.5. The monoisotopic (exact) mass is 819 g/mol. The summed E-state index contributed by atoms with van der Waals surface area (Å²) in [6.07, 6.45) is 56.6. The molecule has 58 heavy (non-hydrogen) atoms. The first kappa shape index (κ1) is 56.1. The lowest BCUT2D eigenvalue weighted by molar-refractivity contribution is -0.151. The summed E-state index contributed by atoms with van der Waals surface area (Å²) in [5.41, 5.74) is -0.539. The highest BCUT2D eigenvalue weighted by atomic mass is 16.4. The number of carboxylic acid groups (broad SMARTS) is 3. The largest absolute Gasteiger partial charge is 0.481 e. The van der Waals surface area contributed by atoms with Crippen LogP contribution in [0.4, 0.5) is 0 Å². The van der Waals surface area contributed by atoms with Gasteiger partial charge in [0.15, 0.2) is 0 Å². The van der Waals surface area contributed by atoms with Crippen molar-refractivity contribution in [1.82, 2.24) is 0 Å². The molecule has 0 heterocycles. The van der Waals surface area contributed by atoms with Gasteiger partial charge >= 0.3 is 17.9 Å². The van der Waals surface area contributed by atoms with E-state index in [-0.39, 0.29) is 0 Å². The van der Waals surface area contributed by atoms with Gasteiger partial charge < -0.3 is 15.3 Å². The minimum atomic E-state index is -0.678. The van der Waals surface area contributed by atoms with Crippen LogP contribution in [0.5, 0.6) is 0 Å². The van der Waals surface area contributed by atoms with E-state index in [4.69, 9.17) is 10.2 Å². The van der Waals surface area contributed by atoms with E-state index in [0.29, 0.717) is 12.8 Å². The molecular formula is C52H98O6. The number of rotatable bonds is 49. The van der Waals surface area contributed by atoms with Crippen molar-refractivity contribution in [3.05, 3.63) is 12.2 Å². The number of hydrogen-bond acceptors (Lipinski definition) is 3. The van der Waals surface area contributed by atoms with Crippen LogP contribution in [0.25, 0.3) is 0 Å². The quantitative estimate of drug-likeness (QED) is 0.0416. The Bertz CT molecular complexity index is 931. The minimum absolute atomic E-state index is 0.306. The van der Waals surface area contributed by atoms with E-state index < -0.39 is 23.3 Å². The number of allylic oxidation sites excluding steroid dienone is 2. The fraction of sp³-hybridized carbons (Fsp3) is 0.904. The van der Waals surface area contributed by atoms with Crippen molar-refractivity contribution in [3.63, 3.8) is 0 Å². The molecule has 0 aliphatic carbocycles. The van der Waals surface area contributed by atoms with Crippen LogP contribution in [0, 0.1) is 5.41 Å². The third-order valence-electron chi connectivity index (χ3n) is 12.7. The maximum atomic E-state index is 12.9. The molecule has 342 valence electrons. The van der Waals surface area contributed by atoms with E-state index in [0.717, 1.165) is 96.3 Å². The zero-order chi connectivity index (χ0) is 42.5. The average molecular weight is 819 g/mol. The second kappa shape index (κ2) is 44.7. The lowest BCUT2D eigenvalue weighted by Crippen LogP contribution is -2.31. The molecule has 0 saturated heterocycles. The second-order valence-corrected chi connectivity index (χ2v) is 18.3. The molecule has 0 aliphatic heterocycles. The summed E-state index contributed by atoms with van der Waals surface area (Å²) < 4.78 is 0. The minimum Gasteiger partial charge on any atom is -0.481 e. The molecule has 0 bridgehead atoms. The third-order valence-corrected chi connectivity index (χ3v) is 12.7. The predicted molar refractivity (Wildman–Crippen MR) is 248 cm³/mol. The summed E-state index contributed by atoms with van der Waals surface area (Å²) in [5, 5.41) is 28.1. The molecule has 3 N–H and O–H groups in total. The smallest absolute Gasteiger partial charge is 0.309 e. The molecule has 0 fully saturated rings. The van der Waals surface area contributed by atoms with Crippen molar-refractivity contribution in [3.8, 4) is 0 Å². The summed E-state index contributed by atoms with van der Waals surface area (Å²) in [6.45, 7) is 2.27. The first-order valence-electron chi connectivity index (χ1n) is 25.7. The molecule has 6 nitrogen and oxygen atoms in total. The third kappa shape index (κ3) is 40.9. The van der Waals surface area contributed by atoms with E-state index in [1.54, 1.807) is 0 Å². The Morgan fingerprint density at radius 3 is 0.793 bits per heavy atom. The normalized spacial score (nSPS) is 12.7. The number of unbranched alkanes of at least 4 members (excludes halogenated alkanes) is 36. The number of carboxylic acids is 3. The Kier molecular flexibility index (Phi) is 43.3. The summed E-state index contributed by atoms with van der Waals surface area (Å²) in [7, 11) is 0. The molecule has 1 atom stereocenters. The molecule has 0 radical (unpaired) electrons. The zero-order valence-electron chi connectivity index (χ0n) is 38.5. The van der Waals surface area contributed by atoms with Crippen LogP contribution in [-0.2, 0) is 14.4 Å². The highest BCUT2D eigenvalue weighted by Gasteiger charge is 2.36. The number of carbonyl (C=O) groups is 3. The van der Waals surface area contributed by atoms with Crippen LogP contribution in [0.15, 0.2) is 12.2 Å². The van der Waals surface area contributed by atoms with E-state index in [1.165, 1.54) is 180 Å². The summed E-state index contributed by atoms with van der Waals surface area (Å²) >= 11 is 0. The van der Waals surface area contributed by atoms with Crippen molar-refractivity contribution in [2.45, 2.75) is 296 Å². The first-order chi connectivity index (χ1) is 28.3. The van der Waals surface area contributed by atoms with E-state index in [9.17, 15) is 19.5 Å². The number of aliphatic carboxylic acids is 3. The van der Waals surface area contributed by atoms with Gasteiger partial charge in [0.2, 0.25) is 0 Å². The Labute approximate surface area is 360 Å². The summed E-state index contributed by atoms with van der Waals surface area (Å²) in [6, 6.07) is 0.